The molecule has 0 unspecified atom stereocenters. The minimum atomic E-state index is -2.31. The van der Waals surface area contributed by atoms with E-state index in [0.717, 1.165) is 27.8 Å². The Bertz CT molecular complexity index is 1650. The van der Waals surface area contributed by atoms with Crippen molar-refractivity contribution >= 4 is 14.4 Å². The summed E-state index contributed by atoms with van der Waals surface area (Å²) in [6.45, 7) is 12.1. The molecule has 1 amide bonds. The van der Waals surface area contributed by atoms with Crippen molar-refractivity contribution < 1.29 is 33.3 Å². The number of aliphatic hydroxyl groups excluding tert-OH is 1. The van der Waals surface area contributed by atoms with Crippen molar-refractivity contribution in [2.24, 2.45) is 0 Å². The number of nitrogens with zero attached hydrogens (tertiary/aromatic N) is 1. The number of hydrogen-bond acceptors (Lipinski definition) is 7. The number of amides is 1. The van der Waals surface area contributed by atoms with Gasteiger partial charge in [0.25, 0.3) is 0 Å². The third kappa shape index (κ3) is 6.12. The van der Waals surface area contributed by atoms with Crippen LogP contribution in [0.1, 0.15) is 55.9 Å². The molecule has 0 radical (unpaired) electrons. The molecule has 48 heavy (non-hydrogen) atoms. The van der Waals surface area contributed by atoms with Crippen molar-refractivity contribution in [2.45, 2.75) is 95.0 Å². The van der Waals surface area contributed by atoms with Crippen LogP contribution in [-0.2, 0) is 38.9 Å². The summed E-state index contributed by atoms with van der Waals surface area (Å²) >= 11 is 0. The highest BCUT2D eigenvalue weighted by Crippen LogP contribution is 2.60. The van der Waals surface area contributed by atoms with Gasteiger partial charge in [-0.2, -0.15) is 0 Å². The fraction of sp³-hybridized carbons (Fsp3) is 0.462. The largest absolute Gasteiger partial charge is 0.498 e. The van der Waals surface area contributed by atoms with Crippen LogP contribution < -0.4 is 9.47 Å². The zero-order valence-corrected chi connectivity index (χ0v) is 30.2. The first-order valence-corrected chi connectivity index (χ1v) is 19.8. The summed E-state index contributed by atoms with van der Waals surface area (Å²) in [7, 11) is 0.958. The van der Waals surface area contributed by atoms with Crippen LogP contribution in [0.2, 0.25) is 18.1 Å². The molecular formula is C39H49NO7Si. The average molecular weight is 672 g/mol. The van der Waals surface area contributed by atoms with Gasteiger partial charge in [-0.1, -0.05) is 87.5 Å². The number of likely N-dealkylation sites (tertiary alicyclic amines) is 1. The Hall–Kier alpha value is -3.79. The lowest BCUT2D eigenvalue weighted by Gasteiger charge is -2.57. The second kappa shape index (κ2) is 13.3. The SMILES string of the molecule is COC1=C2[C@@H]3Cc4ccc(OC)c(OCc5ccccc5)c4[C@]2(CCN3C(=O)OCc2ccccc2)C[C@H](O[Si](C)(C)C(C)(C)C)[C@H]1O. The highest BCUT2D eigenvalue weighted by molar-refractivity contribution is 6.74. The smallest absolute Gasteiger partial charge is 0.410 e. The van der Waals surface area contributed by atoms with E-state index in [0.29, 0.717) is 49.7 Å². The fourth-order valence-corrected chi connectivity index (χ4v) is 8.82. The third-order valence-corrected chi connectivity index (χ3v) is 15.4. The van der Waals surface area contributed by atoms with E-state index in [4.69, 9.17) is 23.4 Å². The average Bonchev–Trinajstić information content (AvgIpc) is 3.06. The Labute approximate surface area is 285 Å². The Morgan fingerprint density at radius 1 is 0.938 bits per heavy atom. The van der Waals surface area contributed by atoms with Crippen molar-refractivity contribution in [3.05, 3.63) is 106 Å². The number of carbonyl (C=O) groups is 1. The number of fused-ring (bicyclic) bond motifs is 1. The summed E-state index contributed by atoms with van der Waals surface area (Å²) < 4.78 is 31.7. The van der Waals surface area contributed by atoms with Crippen molar-refractivity contribution in [1.29, 1.82) is 0 Å². The molecule has 4 atom stereocenters. The summed E-state index contributed by atoms with van der Waals surface area (Å²) in [5.41, 5.74) is 4.35. The zero-order chi connectivity index (χ0) is 34.3. The first-order chi connectivity index (χ1) is 22.9. The Morgan fingerprint density at radius 3 is 2.19 bits per heavy atom. The van der Waals surface area contributed by atoms with Gasteiger partial charge in [0.1, 0.15) is 25.1 Å². The van der Waals surface area contributed by atoms with Gasteiger partial charge < -0.3 is 33.4 Å². The van der Waals surface area contributed by atoms with E-state index in [1.54, 1.807) is 14.2 Å². The number of carbonyl (C=O) groups excluding carboxylic acids is 1. The topological polar surface area (TPSA) is 86.7 Å². The Balaban J connectivity index is 1.47. The standard InChI is InChI=1S/C39H49NO7Si/c1-38(2,3)48(6,7)47-31-23-39-20-21-40(37(42)46-25-27-16-12-9-13-17-27)29(33(39)36(44-5)34(31)41)22-28-18-19-30(43-4)35(32(28)39)45-24-26-14-10-8-11-15-26/h8-19,29,31,34,41H,20-25H2,1-7H3/t29-,31-,34+,39-/m0/s1. The second-order valence-electron chi connectivity index (χ2n) is 14.7. The van der Waals surface area contributed by atoms with Gasteiger partial charge in [0.2, 0.25) is 0 Å². The van der Waals surface area contributed by atoms with Gasteiger partial charge >= 0.3 is 6.09 Å². The summed E-state index contributed by atoms with van der Waals surface area (Å²) in [6, 6.07) is 23.5. The van der Waals surface area contributed by atoms with Gasteiger partial charge in [-0.3, -0.25) is 0 Å². The van der Waals surface area contributed by atoms with Crippen LogP contribution in [0.25, 0.3) is 0 Å². The van der Waals surface area contributed by atoms with Gasteiger partial charge in [-0.05, 0) is 60.2 Å². The van der Waals surface area contributed by atoms with Gasteiger partial charge in [0.05, 0.1) is 26.4 Å². The number of rotatable bonds is 9. The van der Waals surface area contributed by atoms with E-state index >= 15 is 0 Å². The molecule has 6 rings (SSSR count). The molecule has 9 heteroatoms. The van der Waals surface area contributed by atoms with Crippen molar-refractivity contribution in [2.75, 3.05) is 20.8 Å². The van der Waals surface area contributed by atoms with Crippen LogP contribution in [0.5, 0.6) is 11.5 Å². The molecule has 2 aliphatic carbocycles. The number of aliphatic hydroxyl groups is 1. The molecule has 1 fully saturated rings. The first-order valence-electron chi connectivity index (χ1n) is 16.9. The maximum atomic E-state index is 13.8. The van der Waals surface area contributed by atoms with E-state index in [1.165, 1.54) is 0 Å². The molecule has 256 valence electrons. The molecule has 1 aliphatic heterocycles. The molecule has 1 saturated heterocycles. The van der Waals surface area contributed by atoms with E-state index in [2.05, 4.69) is 39.9 Å². The lowest BCUT2D eigenvalue weighted by molar-refractivity contribution is -0.0291. The Morgan fingerprint density at radius 2 is 1.58 bits per heavy atom. The highest BCUT2D eigenvalue weighted by atomic mass is 28.4. The van der Waals surface area contributed by atoms with E-state index in [1.807, 2.05) is 71.6 Å². The second-order valence-corrected chi connectivity index (χ2v) is 19.5. The molecule has 3 aliphatic rings. The monoisotopic (exact) mass is 671 g/mol. The molecule has 3 aromatic carbocycles. The quantitative estimate of drug-likeness (QED) is 0.235. The molecule has 0 aromatic heterocycles. The molecule has 0 spiro atoms. The van der Waals surface area contributed by atoms with Gasteiger partial charge in [0, 0.05) is 23.1 Å². The maximum absolute atomic E-state index is 13.8. The van der Waals surface area contributed by atoms with Crippen molar-refractivity contribution in [3.63, 3.8) is 0 Å². The minimum Gasteiger partial charge on any atom is -0.498 e. The number of methoxy groups -OCH3 is 2. The fourth-order valence-electron chi connectivity index (χ4n) is 7.50. The zero-order valence-electron chi connectivity index (χ0n) is 29.2. The van der Waals surface area contributed by atoms with Gasteiger partial charge in [-0.25, -0.2) is 4.79 Å². The molecule has 1 heterocycles. The summed E-state index contributed by atoms with van der Waals surface area (Å²) in [4.78, 5) is 15.6. The first kappa shape index (κ1) is 34.1. The summed E-state index contributed by atoms with van der Waals surface area (Å²) in [6.07, 6.45) is -0.262. The molecular weight excluding hydrogens is 623 g/mol. The number of hydrogen-bond donors (Lipinski definition) is 1. The maximum Gasteiger partial charge on any atom is 0.410 e. The third-order valence-electron chi connectivity index (χ3n) is 10.9. The molecule has 3 aromatic rings. The van der Waals surface area contributed by atoms with E-state index < -0.39 is 25.9 Å². The number of ether oxygens (including phenoxy) is 4. The normalized spacial score (nSPS) is 23.6. The van der Waals surface area contributed by atoms with E-state index in [-0.39, 0.29) is 23.8 Å². The molecule has 0 saturated carbocycles. The predicted molar refractivity (Wildman–Crippen MR) is 188 cm³/mol. The van der Waals surface area contributed by atoms with Crippen LogP contribution in [0, 0.1) is 0 Å². The molecule has 1 N–H and O–H groups in total. The van der Waals surface area contributed by atoms with Crippen LogP contribution in [0.15, 0.2) is 84.1 Å². The Kier molecular flexibility index (Phi) is 9.41. The number of benzene rings is 3. The summed E-state index contributed by atoms with van der Waals surface area (Å²) in [5, 5.41) is 12.0. The lowest BCUT2D eigenvalue weighted by atomic mass is 9.55. The van der Waals surface area contributed by atoms with Crippen LogP contribution in [0.3, 0.4) is 0 Å². The summed E-state index contributed by atoms with van der Waals surface area (Å²) in [5.74, 6) is 1.80. The number of piperidine rings is 1. The predicted octanol–water partition coefficient (Wildman–Crippen LogP) is 7.53. The van der Waals surface area contributed by atoms with Crippen LogP contribution in [-0.4, -0.2) is 63.4 Å². The van der Waals surface area contributed by atoms with Crippen molar-refractivity contribution in [3.8, 4) is 11.5 Å². The molecule has 8 nitrogen and oxygen atoms in total. The van der Waals surface area contributed by atoms with Gasteiger partial charge in [-0.15, -0.1) is 0 Å². The molecule has 2 bridgehead atoms. The van der Waals surface area contributed by atoms with Crippen LogP contribution in [0.4, 0.5) is 4.79 Å². The highest BCUT2D eigenvalue weighted by Gasteiger charge is 2.60. The minimum absolute atomic E-state index is 0.0618. The van der Waals surface area contributed by atoms with Crippen molar-refractivity contribution in [1.82, 2.24) is 4.90 Å². The van der Waals surface area contributed by atoms with E-state index in [9.17, 15) is 9.90 Å². The van der Waals surface area contributed by atoms with Crippen LogP contribution >= 0.6 is 0 Å². The van der Waals surface area contributed by atoms with Gasteiger partial charge in [0.15, 0.2) is 19.8 Å². The lowest BCUT2D eigenvalue weighted by Crippen LogP contribution is -2.62.